The largest absolute Gasteiger partial charge is 0.357 e. The molecule has 2 heteroatoms. The van der Waals surface area contributed by atoms with Crippen molar-refractivity contribution in [1.29, 1.82) is 0 Å². The Kier molecular flexibility index (Phi) is 1.33. The van der Waals surface area contributed by atoms with Crippen LogP contribution in [0.4, 0.5) is 0 Å². The maximum absolute atomic E-state index is 11.5. The normalized spacial score (nSPS) is 46.8. The summed E-state index contributed by atoms with van der Waals surface area (Å²) in [7, 11) is 0. The van der Waals surface area contributed by atoms with Gasteiger partial charge < -0.3 is 4.74 Å². The molecule has 0 aliphatic carbocycles. The lowest BCUT2D eigenvalue weighted by Gasteiger charge is -2.34. The van der Waals surface area contributed by atoms with E-state index in [0.717, 1.165) is 18.4 Å². The predicted octanol–water partition coefficient (Wildman–Crippen LogP) is 1.84. The highest BCUT2D eigenvalue weighted by atomic mass is 16.5. The van der Waals surface area contributed by atoms with Crippen LogP contribution in [0.1, 0.15) is 33.1 Å². The zero-order valence-electron chi connectivity index (χ0n) is 7.64. The third kappa shape index (κ3) is 0.816. The Labute approximate surface area is 72.6 Å². The molecule has 0 aromatic carbocycles. The number of hydrogen-bond acceptors (Lipinski definition) is 2. The van der Waals surface area contributed by atoms with Gasteiger partial charge in [0.2, 0.25) is 0 Å². The van der Waals surface area contributed by atoms with E-state index >= 15 is 0 Å². The lowest BCUT2D eigenvalue weighted by molar-refractivity contribution is -0.158. The Balaban J connectivity index is 2.43. The van der Waals surface area contributed by atoms with E-state index in [1.165, 1.54) is 0 Å². The van der Waals surface area contributed by atoms with Crippen molar-refractivity contribution >= 4 is 5.78 Å². The standard InChI is InChI=1S/C10H14O2/c1-7-6-9(2)5-4-8(11)10(7,3)12-9/h1,4-6H2,2-3H3. The molecule has 2 atom stereocenters. The second-order valence-corrected chi connectivity index (χ2v) is 4.29. The molecule has 2 saturated heterocycles. The fraction of sp³-hybridized carbons (Fsp3) is 0.700. The second kappa shape index (κ2) is 1.99. The van der Waals surface area contributed by atoms with E-state index in [0.29, 0.717) is 6.42 Å². The molecule has 2 unspecified atom stereocenters. The lowest BCUT2D eigenvalue weighted by Crippen LogP contribution is -2.44. The highest BCUT2D eigenvalue weighted by molar-refractivity contribution is 5.92. The monoisotopic (exact) mass is 166 g/mol. The molecule has 2 aliphatic rings. The van der Waals surface area contributed by atoms with Gasteiger partial charge in [-0.1, -0.05) is 6.58 Å². The molecule has 0 saturated carbocycles. The first-order valence-electron chi connectivity index (χ1n) is 4.38. The van der Waals surface area contributed by atoms with Crippen LogP contribution in [0.5, 0.6) is 0 Å². The van der Waals surface area contributed by atoms with E-state index in [4.69, 9.17) is 4.74 Å². The van der Waals surface area contributed by atoms with Crippen molar-refractivity contribution < 1.29 is 9.53 Å². The quantitative estimate of drug-likeness (QED) is 0.513. The van der Waals surface area contributed by atoms with Crippen molar-refractivity contribution in [2.24, 2.45) is 0 Å². The highest BCUT2D eigenvalue weighted by Gasteiger charge is 2.54. The fourth-order valence-corrected chi connectivity index (χ4v) is 2.23. The summed E-state index contributed by atoms with van der Waals surface area (Å²) in [5.74, 6) is 0.197. The first kappa shape index (κ1) is 7.99. The van der Waals surface area contributed by atoms with Gasteiger partial charge in [-0.25, -0.2) is 0 Å². The smallest absolute Gasteiger partial charge is 0.168 e. The molecule has 2 fully saturated rings. The van der Waals surface area contributed by atoms with Gasteiger partial charge >= 0.3 is 0 Å². The van der Waals surface area contributed by atoms with Gasteiger partial charge in [0.25, 0.3) is 0 Å². The van der Waals surface area contributed by atoms with Crippen LogP contribution in [-0.4, -0.2) is 17.0 Å². The van der Waals surface area contributed by atoms with Gasteiger partial charge in [-0.3, -0.25) is 4.79 Å². The minimum absolute atomic E-state index is 0.111. The maximum Gasteiger partial charge on any atom is 0.168 e. The van der Waals surface area contributed by atoms with Gasteiger partial charge in [-0.15, -0.1) is 0 Å². The summed E-state index contributed by atoms with van der Waals surface area (Å²) in [5, 5.41) is 0. The van der Waals surface area contributed by atoms with Crippen LogP contribution in [0.3, 0.4) is 0 Å². The molecule has 0 amide bonds. The average molecular weight is 166 g/mol. The Morgan fingerprint density at radius 2 is 2.17 bits per heavy atom. The van der Waals surface area contributed by atoms with Gasteiger partial charge in [0.15, 0.2) is 5.78 Å². The summed E-state index contributed by atoms with van der Waals surface area (Å²) < 4.78 is 5.75. The summed E-state index contributed by atoms with van der Waals surface area (Å²) in [5.41, 5.74) is 0.180. The molecular formula is C10H14O2. The van der Waals surface area contributed by atoms with Gasteiger partial charge in [-0.2, -0.15) is 0 Å². The number of rotatable bonds is 0. The predicted molar refractivity (Wildman–Crippen MR) is 45.9 cm³/mol. The van der Waals surface area contributed by atoms with E-state index in [-0.39, 0.29) is 11.4 Å². The summed E-state index contributed by atoms with van der Waals surface area (Å²) >= 11 is 0. The summed E-state index contributed by atoms with van der Waals surface area (Å²) in [4.78, 5) is 11.5. The molecule has 2 aliphatic heterocycles. The molecule has 0 aromatic rings. The molecule has 0 radical (unpaired) electrons. The van der Waals surface area contributed by atoms with Crippen LogP contribution in [0.15, 0.2) is 12.2 Å². The number of carbonyl (C=O) groups is 1. The van der Waals surface area contributed by atoms with E-state index in [9.17, 15) is 4.79 Å². The van der Waals surface area contributed by atoms with E-state index in [2.05, 4.69) is 13.5 Å². The van der Waals surface area contributed by atoms with Crippen LogP contribution < -0.4 is 0 Å². The SMILES string of the molecule is C=C1CC2(C)CCC(=O)C1(C)O2. The molecule has 0 aromatic heterocycles. The van der Waals surface area contributed by atoms with Crippen molar-refractivity contribution in [2.75, 3.05) is 0 Å². The van der Waals surface area contributed by atoms with Gasteiger partial charge in [-0.05, 0) is 25.8 Å². The topological polar surface area (TPSA) is 26.3 Å². The molecular weight excluding hydrogens is 152 g/mol. The number of ketones is 1. The van der Waals surface area contributed by atoms with Crippen molar-refractivity contribution in [3.8, 4) is 0 Å². The Morgan fingerprint density at radius 1 is 1.50 bits per heavy atom. The zero-order valence-corrected chi connectivity index (χ0v) is 7.64. The molecule has 0 spiro atoms. The van der Waals surface area contributed by atoms with Crippen LogP contribution in [0.2, 0.25) is 0 Å². The van der Waals surface area contributed by atoms with Crippen LogP contribution >= 0.6 is 0 Å². The van der Waals surface area contributed by atoms with Crippen molar-refractivity contribution in [3.05, 3.63) is 12.2 Å². The third-order valence-corrected chi connectivity index (χ3v) is 3.13. The molecule has 2 nitrogen and oxygen atoms in total. The summed E-state index contributed by atoms with van der Waals surface area (Å²) in [6.45, 7) is 7.83. The van der Waals surface area contributed by atoms with Crippen molar-refractivity contribution in [2.45, 2.75) is 44.3 Å². The fourth-order valence-electron chi connectivity index (χ4n) is 2.23. The van der Waals surface area contributed by atoms with Gasteiger partial charge in [0, 0.05) is 12.8 Å². The van der Waals surface area contributed by atoms with Crippen LogP contribution in [0, 0.1) is 0 Å². The lowest BCUT2D eigenvalue weighted by atomic mass is 9.92. The second-order valence-electron chi connectivity index (χ2n) is 4.29. The molecule has 2 bridgehead atoms. The van der Waals surface area contributed by atoms with E-state index in [1.807, 2.05) is 6.92 Å². The zero-order chi connectivity index (χ0) is 8.98. The number of Topliss-reactive ketones (excluding diaryl/α,β-unsaturated/α-hetero) is 1. The minimum Gasteiger partial charge on any atom is -0.357 e. The molecule has 66 valence electrons. The average Bonchev–Trinajstić information content (AvgIpc) is 2.16. The van der Waals surface area contributed by atoms with Crippen molar-refractivity contribution in [3.63, 3.8) is 0 Å². The number of fused-ring (bicyclic) bond motifs is 2. The Hall–Kier alpha value is -0.630. The van der Waals surface area contributed by atoms with Gasteiger partial charge in [0.05, 0.1) is 5.60 Å². The Bertz CT molecular complexity index is 269. The van der Waals surface area contributed by atoms with Crippen molar-refractivity contribution in [1.82, 2.24) is 0 Å². The Morgan fingerprint density at radius 3 is 2.75 bits per heavy atom. The molecule has 12 heavy (non-hydrogen) atoms. The van der Waals surface area contributed by atoms with E-state index in [1.54, 1.807) is 0 Å². The molecule has 0 N–H and O–H groups in total. The molecule has 2 rings (SSSR count). The third-order valence-electron chi connectivity index (χ3n) is 3.13. The van der Waals surface area contributed by atoms with Crippen LogP contribution in [0.25, 0.3) is 0 Å². The number of hydrogen-bond donors (Lipinski definition) is 0. The molecule has 2 heterocycles. The van der Waals surface area contributed by atoms with Crippen LogP contribution in [-0.2, 0) is 9.53 Å². The maximum atomic E-state index is 11.5. The first-order valence-corrected chi connectivity index (χ1v) is 4.38. The number of ether oxygens (including phenoxy) is 1. The minimum atomic E-state index is -0.660. The van der Waals surface area contributed by atoms with E-state index < -0.39 is 5.60 Å². The summed E-state index contributed by atoms with van der Waals surface area (Å²) in [6, 6.07) is 0. The van der Waals surface area contributed by atoms with Gasteiger partial charge in [0.1, 0.15) is 5.60 Å². The highest BCUT2D eigenvalue weighted by Crippen LogP contribution is 2.48. The first-order chi connectivity index (χ1) is 5.46. The number of carbonyl (C=O) groups excluding carboxylic acids is 1. The summed E-state index contributed by atoms with van der Waals surface area (Å²) in [6.07, 6.45) is 2.34.